The second kappa shape index (κ2) is 5.60. The first kappa shape index (κ1) is 14.6. The Labute approximate surface area is 139 Å². The maximum Gasteiger partial charge on any atom is 0.338 e. The molecule has 1 aliphatic heterocycles. The third-order valence-electron chi connectivity index (χ3n) is 3.36. The van der Waals surface area contributed by atoms with Gasteiger partial charge in [-0.05, 0) is 25.1 Å². The highest BCUT2D eigenvalue weighted by Crippen LogP contribution is 2.32. The molecular formula is C15H11N3O5S. The summed E-state index contributed by atoms with van der Waals surface area (Å²) in [6.07, 6.45) is 0. The minimum Gasteiger partial charge on any atom is -0.456 e. The van der Waals surface area contributed by atoms with Crippen molar-refractivity contribution >= 4 is 22.3 Å². The first-order valence-electron chi connectivity index (χ1n) is 7.03. The van der Waals surface area contributed by atoms with Gasteiger partial charge in [-0.25, -0.2) is 9.78 Å². The molecule has 3 aromatic rings. The van der Waals surface area contributed by atoms with E-state index in [2.05, 4.69) is 10.1 Å². The highest BCUT2D eigenvalue weighted by Gasteiger charge is 2.17. The van der Waals surface area contributed by atoms with Crippen molar-refractivity contribution in [2.45, 2.75) is 13.5 Å². The molecule has 0 radical (unpaired) electrons. The molecule has 2 aromatic heterocycles. The Morgan fingerprint density at radius 2 is 2.17 bits per heavy atom. The van der Waals surface area contributed by atoms with Crippen LogP contribution in [0.1, 0.15) is 21.1 Å². The van der Waals surface area contributed by atoms with Crippen LogP contribution in [0.5, 0.6) is 11.5 Å². The summed E-state index contributed by atoms with van der Waals surface area (Å²) < 4.78 is 16.9. The molecule has 0 saturated heterocycles. The zero-order valence-electron chi connectivity index (χ0n) is 12.5. The lowest BCUT2D eigenvalue weighted by molar-refractivity contribution is 0.0467. The summed E-state index contributed by atoms with van der Waals surface area (Å²) in [5, 5.41) is 4.79. The highest BCUT2D eigenvalue weighted by atomic mass is 32.1. The Bertz CT molecular complexity index is 1010. The summed E-state index contributed by atoms with van der Waals surface area (Å²) in [5.74, 6) is 0.561. The number of aryl methyl sites for hydroxylation is 1. The molecule has 0 atom stereocenters. The summed E-state index contributed by atoms with van der Waals surface area (Å²) >= 11 is 1.29. The van der Waals surface area contributed by atoms with Crippen LogP contribution in [0.4, 0.5) is 0 Å². The van der Waals surface area contributed by atoms with Gasteiger partial charge < -0.3 is 14.2 Å². The average molecular weight is 345 g/mol. The molecule has 1 aromatic carbocycles. The Hall–Kier alpha value is -2.94. The number of hydrogen-bond acceptors (Lipinski definition) is 8. The van der Waals surface area contributed by atoms with E-state index in [1.807, 2.05) is 0 Å². The first-order chi connectivity index (χ1) is 11.6. The molecule has 0 saturated carbocycles. The smallest absolute Gasteiger partial charge is 0.338 e. The van der Waals surface area contributed by atoms with Crippen molar-refractivity contribution in [3.05, 3.63) is 50.9 Å². The van der Waals surface area contributed by atoms with E-state index in [1.54, 1.807) is 25.1 Å². The maximum absolute atomic E-state index is 12.1. The van der Waals surface area contributed by atoms with E-state index in [0.717, 1.165) is 5.01 Å². The van der Waals surface area contributed by atoms with E-state index in [1.165, 1.54) is 21.9 Å². The van der Waals surface area contributed by atoms with Crippen LogP contribution in [0.2, 0.25) is 0 Å². The van der Waals surface area contributed by atoms with Crippen LogP contribution < -0.4 is 15.0 Å². The summed E-state index contributed by atoms with van der Waals surface area (Å²) in [6, 6.07) is 6.10. The van der Waals surface area contributed by atoms with E-state index in [0.29, 0.717) is 27.7 Å². The van der Waals surface area contributed by atoms with Crippen LogP contribution in [0.15, 0.2) is 29.1 Å². The molecule has 0 fully saturated rings. The van der Waals surface area contributed by atoms with Crippen molar-refractivity contribution in [3.8, 4) is 11.5 Å². The van der Waals surface area contributed by atoms with Crippen molar-refractivity contribution in [2.75, 3.05) is 6.79 Å². The van der Waals surface area contributed by atoms with Gasteiger partial charge in [-0.2, -0.15) is 9.61 Å². The number of rotatable bonds is 3. The van der Waals surface area contributed by atoms with Gasteiger partial charge >= 0.3 is 5.97 Å². The number of esters is 1. The van der Waals surface area contributed by atoms with Crippen molar-refractivity contribution < 1.29 is 19.0 Å². The molecule has 0 N–H and O–H groups in total. The number of carbonyl (C=O) groups is 1. The van der Waals surface area contributed by atoms with Gasteiger partial charge in [0, 0.05) is 6.07 Å². The van der Waals surface area contributed by atoms with Gasteiger partial charge in [0.15, 0.2) is 11.5 Å². The van der Waals surface area contributed by atoms with E-state index in [4.69, 9.17) is 14.2 Å². The Kier molecular flexibility index (Phi) is 3.42. The normalized spacial score (nSPS) is 12.5. The van der Waals surface area contributed by atoms with Gasteiger partial charge in [-0.15, -0.1) is 0 Å². The second-order valence-corrected chi connectivity index (χ2v) is 6.21. The van der Waals surface area contributed by atoms with Crippen LogP contribution >= 0.6 is 11.3 Å². The van der Waals surface area contributed by atoms with Gasteiger partial charge in [0.05, 0.1) is 11.3 Å². The Balaban J connectivity index is 1.52. The van der Waals surface area contributed by atoms with E-state index in [-0.39, 0.29) is 19.0 Å². The van der Waals surface area contributed by atoms with Crippen molar-refractivity contribution in [3.63, 3.8) is 0 Å². The van der Waals surface area contributed by atoms with Crippen molar-refractivity contribution in [1.29, 1.82) is 0 Å². The SMILES string of the molecule is Cc1nn2c(=O)cc(COC(=O)c3ccc4c(c3)OCO4)nc2s1. The number of carbonyl (C=O) groups excluding carboxylic acids is 1. The van der Waals surface area contributed by atoms with Crippen LogP contribution in [-0.2, 0) is 11.3 Å². The molecule has 0 bridgehead atoms. The van der Waals surface area contributed by atoms with E-state index < -0.39 is 5.97 Å². The quantitative estimate of drug-likeness (QED) is 0.665. The fraction of sp³-hybridized carbons (Fsp3) is 0.200. The molecule has 1 aliphatic rings. The minimum atomic E-state index is -0.532. The third-order valence-corrected chi connectivity index (χ3v) is 4.18. The topological polar surface area (TPSA) is 92.0 Å². The summed E-state index contributed by atoms with van der Waals surface area (Å²) in [6.45, 7) is 1.82. The zero-order chi connectivity index (χ0) is 16.7. The largest absolute Gasteiger partial charge is 0.456 e. The number of aromatic nitrogens is 3. The average Bonchev–Trinajstić information content (AvgIpc) is 3.17. The molecule has 122 valence electrons. The molecule has 0 aliphatic carbocycles. The molecule has 3 heterocycles. The zero-order valence-corrected chi connectivity index (χ0v) is 13.3. The molecule has 9 heteroatoms. The van der Waals surface area contributed by atoms with E-state index in [9.17, 15) is 9.59 Å². The molecular weight excluding hydrogens is 334 g/mol. The van der Waals surface area contributed by atoms with Crippen LogP contribution in [-0.4, -0.2) is 27.4 Å². The highest BCUT2D eigenvalue weighted by molar-refractivity contribution is 7.16. The number of ether oxygens (including phenoxy) is 3. The molecule has 8 nitrogen and oxygen atoms in total. The van der Waals surface area contributed by atoms with Gasteiger partial charge in [0.25, 0.3) is 5.56 Å². The predicted molar refractivity (Wildman–Crippen MR) is 83.6 cm³/mol. The minimum absolute atomic E-state index is 0.101. The Morgan fingerprint density at radius 3 is 3.04 bits per heavy atom. The lowest BCUT2D eigenvalue weighted by Gasteiger charge is -2.05. The summed E-state index contributed by atoms with van der Waals surface area (Å²) in [7, 11) is 0. The lowest BCUT2D eigenvalue weighted by atomic mass is 10.2. The van der Waals surface area contributed by atoms with Gasteiger partial charge in [0.1, 0.15) is 11.6 Å². The maximum atomic E-state index is 12.1. The van der Waals surface area contributed by atoms with Crippen LogP contribution in [0.3, 0.4) is 0 Å². The van der Waals surface area contributed by atoms with Gasteiger partial charge in [0.2, 0.25) is 11.8 Å². The van der Waals surface area contributed by atoms with Crippen molar-refractivity contribution in [1.82, 2.24) is 14.6 Å². The number of nitrogens with zero attached hydrogens (tertiary/aromatic N) is 3. The number of hydrogen-bond donors (Lipinski definition) is 0. The molecule has 0 spiro atoms. The van der Waals surface area contributed by atoms with Crippen LogP contribution in [0, 0.1) is 6.92 Å². The fourth-order valence-corrected chi connectivity index (χ4v) is 3.04. The fourth-order valence-electron chi connectivity index (χ4n) is 2.27. The van der Waals surface area contributed by atoms with Gasteiger partial charge in [-0.3, -0.25) is 4.79 Å². The standard InChI is InChI=1S/C15H11N3O5S/c1-8-17-18-13(19)5-10(16-15(18)24-8)6-21-14(20)9-2-3-11-12(4-9)23-7-22-11/h2-5H,6-7H2,1H3. The van der Waals surface area contributed by atoms with E-state index >= 15 is 0 Å². The predicted octanol–water partition coefficient (Wildman–Crippen LogP) is 1.55. The monoisotopic (exact) mass is 345 g/mol. The number of benzene rings is 1. The molecule has 24 heavy (non-hydrogen) atoms. The molecule has 0 amide bonds. The first-order valence-corrected chi connectivity index (χ1v) is 7.85. The van der Waals surface area contributed by atoms with Gasteiger partial charge in [-0.1, -0.05) is 11.3 Å². The van der Waals surface area contributed by atoms with Crippen molar-refractivity contribution in [2.24, 2.45) is 0 Å². The molecule has 4 rings (SSSR count). The summed E-state index contributed by atoms with van der Waals surface area (Å²) in [4.78, 5) is 28.8. The summed E-state index contributed by atoms with van der Waals surface area (Å²) in [5.41, 5.74) is 0.405. The van der Waals surface area contributed by atoms with Crippen LogP contribution in [0.25, 0.3) is 4.96 Å². The lowest BCUT2D eigenvalue weighted by Crippen LogP contribution is -2.16. The third kappa shape index (κ3) is 2.58. The number of fused-ring (bicyclic) bond motifs is 2. The Morgan fingerprint density at radius 1 is 1.33 bits per heavy atom. The molecule has 0 unspecified atom stereocenters. The second-order valence-electron chi connectivity index (χ2n) is 5.05.